The molecule has 7 nitrogen and oxygen atoms in total. The van der Waals surface area contributed by atoms with Crippen LogP contribution in [0.4, 0.5) is 5.69 Å². The second-order valence-corrected chi connectivity index (χ2v) is 12.0. The van der Waals surface area contributed by atoms with Crippen LogP contribution in [0.5, 0.6) is 0 Å². The summed E-state index contributed by atoms with van der Waals surface area (Å²) in [6.07, 6.45) is 23.7. The number of aromatic nitrogens is 3. The highest BCUT2D eigenvalue weighted by Gasteiger charge is 2.27. The molecule has 6 rings (SSSR count). The lowest BCUT2D eigenvalue weighted by Gasteiger charge is -2.28. The zero-order chi connectivity index (χ0) is 34.0. The Balaban J connectivity index is 1.20. The SMILES string of the molecule is C[n+]1ccc(/C=C/C=C/C=C/C=C/c2ccc(-n3cc4c(n3)-c3ccccc3CN(C(=O)CCCCC(=O)O)c3ccccc3-4)cc2)cc1. The number of allylic oxidation sites excluding steroid dienone is 6. The van der Waals surface area contributed by atoms with E-state index in [1.165, 1.54) is 0 Å². The number of unbranched alkanes of at least 4 members (excludes halogenated alkanes) is 1. The third kappa shape index (κ3) is 8.26. The van der Waals surface area contributed by atoms with Gasteiger partial charge in [0.05, 0.1) is 17.9 Å². The van der Waals surface area contributed by atoms with Crippen molar-refractivity contribution < 1.29 is 19.3 Å². The van der Waals surface area contributed by atoms with Gasteiger partial charge in [-0.2, -0.15) is 5.10 Å². The average Bonchev–Trinajstić information content (AvgIpc) is 3.55. The van der Waals surface area contributed by atoms with E-state index in [9.17, 15) is 9.59 Å². The minimum Gasteiger partial charge on any atom is -0.481 e. The molecule has 0 saturated carbocycles. The number of carbonyl (C=O) groups excluding carboxylic acids is 1. The summed E-state index contributed by atoms with van der Waals surface area (Å²) in [5.41, 5.74) is 8.73. The van der Waals surface area contributed by atoms with Crippen molar-refractivity contribution in [3.8, 4) is 28.1 Å². The molecule has 5 aromatic rings. The van der Waals surface area contributed by atoms with Crippen molar-refractivity contribution in [3.63, 3.8) is 0 Å². The van der Waals surface area contributed by atoms with Gasteiger partial charge in [-0.1, -0.05) is 103 Å². The summed E-state index contributed by atoms with van der Waals surface area (Å²) >= 11 is 0. The Morgan fingerprint density at radius 1 is 0.735 bits per heavy atom. The molecule has 0 fully saturated rings. The molecule has 2 aromatic heterocycles. The van der Waals surface area contributed by atoms with Crippen molar-refractivity contribution in [3.05, 3.63) is 157 Å². The largest absolute Gasteiger partial charge is 0.481 e. The number of carboxylic acid groups (broad SMARTS) is 1. The van der Waals surface area contributed by atoms with Gasteiger partial charge < -0.3 is 10.0 Å². The molecule has 244 valence electrons. The number of benzene rings is 3. The fraction of sp³-hybridized carbons (Fsp3) is 0.143. The summed E-state index contributed by atoms with van der Waals surface area (Å²) < 4.78 is 3.92. The highest BCUT2D eigenvalue weighted by Crippen LogP contribution is 2.42. The summed E-state index contributed by atoms with van der Waals surface area (Å²) in [5.74, 6) is -0.862. The van der Waals surface area contributed by atoms with Crippen molar-refractivity contribution in [2.24, 2.45) is 7.05 Å². The molecule has 49 heavy (non-hydrogen) atoms. The Morgan fingerprint density at radius 3 is 2.06 bits per heavy atom. The number of fused-ring (bicyclic) bond motifs is 5. The number of para-hydroxylation sites is 1. The molecule has 1 amide bonds. The van der Waals surface area contributed by atoms with Crippen molar-refractivity contribution in [2.45, 2.75) is 32.2 Å². The number of nitrogens with zero attached hydrogens (tertiary/aromatic N) is 4. The first-order chi connectivity index (χ1) is 24.0. The maximum absolute atomic E-state index is 13.6. The number of pyridine rings is 1. The van der Waals surface area contributed by atoms with Gasteiger partial charge in [-0.15, -0.1) is 0 Å². The quantitative estimate of drug-likeness (QED) is 0.0888. The number of carboxylic acids is 1. The van der Waals surface area contributed by atoms with Gasteiger partial charge in [0.2, 0.25) is 5.91 Å². The zero-order valence-electron chi connectivity index (χ0n) is 27.5. The first-order valence-corrected chi connectivity index (χ1v) is 16.5. The number of hydrogen-bond donors (Lipinski definition) is 1. The molecule has 7 heteroatoms. The van der Waals surface area contributed by atoms with Crippen LogP contribution in [0, 0.1) is 0 Å². The van der Waals surface area contributed by atoms with E-state index >= 15 is 0 Å². The van der Waals surface area contributed by atoms with Gasteiger partial charge in [0, 0.05) is 47.9 Å². The van der Waals surface area contributed by atoms with Crippen LogP contribution in [0.3, 0.4) is 0 Å². The number of anilines is 1. The molecule has 3 heterocycles. The Hall–Kier alpha value is -6.08. The van der Waals surface area contributed by atoms with Gasteiger partial charge in [-0.3, -0.25) is 9.59 Å². The highest BCUT2D eigenvalue weighted by molar-refractivity contribution is 6.00. The Kier molecular flexibility index (Phi) is 10.5. The summed E-state index contributed by atoms with van der Waals surface area (Å²) in [6, 6.07) is 28.4. The number of rotatable bonds is 11. The number of carbonyl (C=O) groups is 2. The van der Waals surface area contributed by atoms with E-state index < -0.39 is 5.97 Å². The van der Waals surface area contributed by atoms with Crippen molar-refractivity contribution in [2.75, 3.05) is 4.90 Å². The number of aliphatic carboxylic acids is 1. The predicted molar refractivity (Wildman–Crippen MR) is 196 cm³/mol. The van der Waals surface area contributed by atoms with Crippen LogP contribution >= 0.6 is 0 Å². The molecule has 0 radical (unpaired) electrons. The lowest BCUT2D eigenvalue weighted by atomic mass is 9.93. The first kappa shape index (κ1) is 32.8. The second kappa shape index (κ2) is 15.7. The predicted octanol–water partition coefficient (Wildman–Crippen LogP) is 8.36. The molecule has 0 atom stereocenters. The minimum absolute atomic E-state index is 0.0211. The molecule has 0 spiro atoms. The van der Waals surface area contributed by atoms with Gasteiger partial charge >= 0.3 is 5.97 Å². The Bertz CT molecular complexity index is 2050. The van der Waals surface area contributed by atoms with Crippen LogP contribution in [0.2, 0.25) is 0 Å². The third-order valence-electron chi connectivity index (χ3n) is 8.43. The fourth-order valence-corrected chi connectivity index (χ4v) is 5.85. The van der Waals surface area contributed by atoms with Crippen LogP contribution in [-0.2, 0) is 23.2 Å². The van der Waals surface area contributed by atoms with E-state index in [0.717, 1.165) is 50.4 Å². The maximum Gasteiger partial charge on any atom is 0.303 e. The van der Waals surface area contributed by atoms with Crippen LogP contribution in [-0.4, -0.2) is 26.8 Å². The number of aryl methyl sites for hydroxylation is 1. The number of amides is 1. The van der Waals surface area contributed by atoms with Crippen LogP contribution < -0.4 is 9.47 Å². The van der Waals surface area contributed by atoms with Crippen LogP contribution in [0.15, 0.2) is 140 Å². The monoisotopic (exact) mass is 647 g/mol. The molecule has 0 aliphatic carbocycles. The van der Waals surface area contributed by atoms with Crippen LogP contribution in [0.25, 0.3) is 40.2 Å². The van der Waals surface area contributed by atoms with E-state index in [1.807, 2.05) is 119 Å². The molecule has 0 bridgehead atoms. The summed E-state index contributed by atoms with van der Waals surface area (Å²) in [5, 5.41) is 14.1. The summed E-state index contributed by atoms with van der Waals surface area (Å²) in [7, 11) is 2.00. The molecule has 0 saturated heterocycles. The second-order valence-electron chi connectivity index (χ2n) is 12.0. The highest BCUT2D eigenvalue weighted by atomic mass is 16.4. The van der Waals surface area contributed by atoms with Gasteiger partial charge in [0.15, 0.2) is 12.4 Å². The van der Waals surface area contributed by atoms with Gasteiger partial charge in [0.1, 0.15) is 12.7 Å². The van der Waals surface area contributed by atoms with Gasteiger partial charge in [-0.05, 0) is 47.7 Å². The van der Waals surface area contributed by atoms with Crippen molar-refractivity contribution in [1.82, 2.24) is 9.78 Å². The van der Waals surface area contributed by atoms with E-state index in [1.54, 1.807) is 0 Å². The molecule has 3 aromatic carbocycles. The van der Waals surface area contributed by atoms with E-state index in [-0.39, 0.29) is 18.7 Å². The maximum atomic E-state index is 13.6. The van der Waals surface area contributed by atoms with Crippen molar-refractivity contribution in [1.29, 1.82) is 0 Å². The topological polar surface area (TPSA) is 79.3 Å². The third-order valence-corrected chi connectivity index (χ3v) is 8.43. The summed E-state index contributed by atoms with van der Waals surface area (Å²) in [6.45, 7) is 0.409. The molecular formula is C42H39N4O3+. The van der Waals surface area contributed by atoms with E-state index in [2.05, 4.69) is 54.6 Å². The van der Waals surface area contributed by atoms with E-state index in [0.29, 0.717) is 19.4 Å². The summed E-state index contributed by atoms with van der Waals surface area (Å²) in [4.78, 5) is 26.4. The van der Waals surface area contributed by atoms with Gasteiger partial charge in [-0.25, -0.2) is 9.25 Å². The Labute approximate surface area is 287 Å². The van der Waals surface area contributed by atoms with Gasteiger partial charge in [0.25, 0.3) is 0 Å². The minimum atomic E-state index is -0.840. The lowest BCUT2D eigenvalue weighted by molar-refractivity contribution is -0.671. The molecule has 1 aliphatic rings. The zero-order valence-corrected chi connectivity index (χ0v) is 27.5. The van der Waals surface area contributed by atoms with Crippen LogP contribution in [0.1, 0.15) is 42.4 Å². The standard InChI is InChI=1S/C42H38N4O3/c1-44-28-26-33(27-29-44)15-7-5-3-2-4-6-14-32-22-24-35(25-23-32)46-31-38-37-18-10-11-19-39(37)45(40(47)20-12-13-21-41(48)49)30-34-16-8-9-17-36(34)42(38)43-46/h2-11,14-19,22-29,31H,12-13,20-21,30H2,1H3/p+1. The molecule has 0 unspecified atom stereocenters. The number of hydrogen-bond acceptors (Lipinski definition) is 3. The lowest BCUT2D eigenvalue weighted by Crippen LogP contribution is -2.31. The fourth-order valence-electron chi connectivity index (χ4n) is 5.85. The Morgan fingerprint density at radius 2 is 1.35 bits per heavy atom. The average molecular weight is 648 g/mol. The molecule has 1 aliphatic heterocycles. The van der Waals surface area contributed by atoms with Crippen molar-refractivity contribution >= 4 is 29.7 Å². The normalized spacial score (nSPS) is 12.7. The molecular weight excluding hydrogens is 608 g/mol. The first-order valence-electron chi connectivity index (χ1n) is 16.5. The molecule has 1 N–H and O–H groups in total. The smallest absolute Gasteiger partial charge is 0.303 e. The van der Waals surface area contributed by atoms with E-state index in [4.69, 9.17) is 10.2 Å².